The Bertz CT molecular complexity index is 573. The fraction of sp³-hybridized carbons (Fsp3) is 0.538. The molecule has 0 spiro atoms. The quantitative estimate of drug-likeness (QED) is 0.666. The molecule has 2 heterocycles. The molecule has 1 aliphatic heterocycles. The van der Waals surface area contributed by atoms with Crippen molar-refractivity contribution in [2.24, 2.45) is 0 Å². The standard InChI is InChI=1S/C13H18N4O4/c1-13(2)8-16(4-5-21-13)12(18)10-6-9(17(19)20)7-15-11(10)14-3/h6-7H,4-5,8H2,1-3H3,(H,14,15). The van der Waals surface area contributed by atoms with E-state index < -0.39 is 10.5 Å². The molecule has 0 saturated carbocycles. The summed E-state index contributed by atoms with van der Waals surface area (Å²) >= 11 is 0. The van der Waals surface area contributed by atoms with E-state index in [0.29, 0.717) is 25.5 Å². The van der Waals surface area contributed by atoms with Gasteiger partial charge in [0, 0.05) is 26.2 Å². The second-order valence-electron chi connectivity index (χ2n) is 5.43. The highest BCUT2D eigenvalue weighted by molar-refractivity contribution is 5.99. The van der Waals surface area contributed by atoms with Crippen molar-refractivity contribution in [1.29, 1.82) is 0 Å². The van der Waals surface area contributed by atoms with Crippen LogP contribution in [0.1, 0.15) is 24.2 Å². The molecule has 0 bridgehead atoms. The molecule has 1 amide bonds. The number of morpholine rings is 1. The third-order valence-corrected chi connectivity index (χ3v) is 3.26. The van der Waals surface area contributed by atoms with Gasteiger partial charge in [-0.25, -0.2) is 4.98 Å². The molecule has 21 heavy (non-hydrogen) atoms. The van der Waals surface area contributed by atoms with Gasteiger partial charge in [-0.3, -0.25) is 14.9 Å². The molecule has 1 N–H and O–H groups in total. The number of pyridine rings is 1. The van der Waals surface area contributed by atoms with Crippen LogP contribution in [0.25, 0.3) is 0 Å². The van der Waals surface area contributed by atoms with Crippen LogP contribution in [-0.4, -0.2) is 53.1 Å². The van der Waals surface area contributed by atoms with E-state index in [1.54, 1.807) is 11.9 Å². The molecule has 1 fully saturated rings. The lowest BCUT2D eigenvalue weighted by Gasteiger charge is -2.38. The van der Waals surface area contributed by atoms with Gasteiger partial charge < -0.3 is 15.0 Å². The number of hydrogen-bond donors (Lipinski definition) is 1. The van der Waals surface area contributed by atoms with Crippen molar-refractivity contribution in [2.75, 3.05) is 32.1 Å². The summed E-state index contributed by atoms with van der Waals surface area (Å²) in [4.78, 5) is 28.5. The maximum atomic E-state index is 12.6. The highest BCUT2D eigenvalue weighted by Crippen LogP contribution is 2.23. The third-order valence-electron chi connectivity index (χ3n) is 3.26. The highest BCUT2D eigenvalue weighted by Gasteiger charge is 2.32. The molecule has 1 aromatic heterocycles. The van der Waals surface area contributed by atoms with E-state index in [1.807, 2.05) is 13.8 Å². The van der Waals surface area contributed by atoms with Gasteiger partial charge in [-0.15, -0.1) is 0 Å². The number of hydrogen-bond acceptors (Lipinski definition) is 6. The van der Waals surface area contributed by atoms with Gasteiger partial charge in [-0.1, -0.05) is 0 Å². The lowest BCUT2D eigenvalue weighted by Crippen LogP contribution is -2.50. The molecule has 1 aliphatic rings. The van der Waals surface area contributed by atoms with Crippen LogP contribution in [-0.2, 0) is 4.74 Å². The molecular weight excluding hydrogens is 276 g/mol. The van der Waals surface area contributed by atoms with Crippen LogP contribution in [0, 0.1) is 10.1 Å². The Hall–Kier alpha value is -2.22. The summed E-state index contributed by atoms with van der Waals surface area (Å²) in [5.74, 6) is 0.0434. The van der Waals surface area contributed by atoms with E-state index >= 15 is 0 Å². The first-order valence-corrected chi connectivity index (χ1v) is 6.59. The molecule has 2 rings (SSSR count). The Labute approximate surface area is 122 Å². The largest absolute Gasteiger partial charge is 0.372 e. The molecule has 8 nitrogen and oxygen atoms in total. The van der Waals surface area contributed by atoms with Crippen LogP contribution in [0.3, 0.4) is 0 Å². The van der Waals surface area contributed by atoms with Gasteiger partial charge in [-0.2, -0.15) is 0 Å². The minimum Gasteiger partial charge on any atom is -0.372 e. The third kappa shape index (κ3) is 3.27. The summed E-state index contributed by atoms with van der Waals surface area (Å²) in [6.07, 6.45) is 1.13. The summed E-state index contributed by atoms with van der Waals surface area (Å²) in [6.45, 7) is 5.12. The van der Waals surface area contributed by atoms with E-state index in [-0.39, 0.29) is 17.2 Å². The Morgan fingerprint density at radius 3 is 2.86 bits per heavy atom. The van der Waals surface area contributed by atoms with E-state index in [1.165, 1.54) is 6.07 Å². The molecule has 0 radical (unpaired) electrons. The number of rotatable bonds is 3. The first kappa shape index (κ1) is 15.2. The maximum absolute atomic E-state index is 12.6. The van der Waals surface area contributed by atoms with E-state index in [0.717, 1.165) is 6.20 Å². The minimum atomic E-state index is -0.563. The topological polar surface area (TPSA) is 97.6 Å². The van der Waals surface area contributed by atoms with Gasteiger partial charge in [0.1, 0.15) is 12.0 Å². The highest BCUT2D eigenvalue weighted by atomic mass is 16.6. The maximum Gasteiger partial charge on any atom is 0.288 e. The molecule has 8 heteroatoms. The first-order chi connectivity index (χ1) is 9.84. The molecule has 0 aromatic carbocycles. The average molecular weight is 294 g/mol. The van der Waals surface area contributed by atoms with Gasteiger partial charge >= 0.3 is 0 Å². The fourth-order valence-electron chi connectivity index (χ4n) is 2.28. The Morgan fingerprint density at radius 1 is 1.57 bits per heavy atom. The van der Waals surface area contributed by atoms with Gasteiger partial charge in [0.15, 0.2) is 0 Å². The summed E-state index contributed by atoms with van der Waals surface area (Å²) in [6, 6.07) is 1.25. The van der Waals surface area contributed by atoms with Crippen molar-refractivity contribution < 1.29 is 14.5 Å². The van der Waals surface area contributed by atoms with E-state index in [2.05, 4.69) is 10.3 Å². The van der Waals surface area contributed by atoms with Crippen LogP contribution in [0.2, 0.25) is 0 Å². The molecule has 114 valence electrons. The first-order valence-electron chi connectivity index (χ1n) is 6.59. The SMILES string of the molecule is CNc1ncc([N+](=O)[O-])cc1C(=O)N1CCOC(C)(C)C1. The van der Waals surface area contributed by atoms with Crippen molar-refractivity contribution in [1.82, 2.24) is 9.88 Å². The summed E-state index contributed by atoms with van der Waals surface area (Å²) in [7, 11) is 1.62. The lowest BCUT2D eigenvalue weighted by molar-refractivity contribution is -0.385. The Morgan fingerprint density at radius 2 is 2.29 bits per heavy atom. The number of anilines is 1. The molecular formula is C13H18N4O4. The Kier molecular flexibility index (Phi) is 4.08. The fourth-order valence-corrected chi connectivity index (χ4v) is 2.28. The van der Waals surface area contributed by atoms with Gasteiger partial charge in [-0.05, 0) is 13.8 Å². The number of nitro groups is 1. The van der Waals surface area contributed by atoms with Crippen molar-refractivity contribution in [2.45, 2.75) is 19.4 Å². The number of carbonyl (C=O) groups excluding carboxylic acids is 1. The van der Waals surface area contributed by atoms with Crippen LogP contribution in [0.4, 0.5) is 11.5 Å². The number of aromatic nitrogens is 1. The van der Waals surface area contributed by atoms with Crippen LogP contribution in [0.5, 0.6) is 0 Å². The zero-order valence-corrected chi connectivity index (χ0v) is 12.3. The van der Waals surface area contributed by atoms with E-state index in [9.17, 15) is 14.9 Å². The zero-order chi connectivity index (χ0) is 15.6. The predicted octanol–water partition coefficient (Wildman–Crippen LogP) is 1.28. The predicted molar refractivity (Wildman–Crippen MR) is 76.4 cm³/mol. The van der Waals surface area contributed by atoms with Crippen molar-refractivity contribution in [3.63, 3.8) is 0 Å². The van der Waals surface area contributed by atoms with Gasteiger partial charge in [0.25, 0.3) is 11.6 Å². The van der Waals surface area contributed by atoms with Crippen LogP contribution < -0.4 is 5.32 Å². The number of amides is 1. The second kappa shape index (κ2) is 5.65. The molecule has 0 aliphatic carbocycles. The monoisotopic (exact) mass is 294 g/mol. The molecule has 0 unspecified atom stereocenters. The smallest absolute Gasteiger partial charge is 0.288 e. The van der Waals surface area contributed by atoms with Gasteiger partial charge in [0.2, 0.25) is 0 Å². The summed E-state index contributed by atoms with van der Waals surface area (Å²) in [5.41, 5.74) is -0.434. The number of carbonyl (C=O) groups is 1. The van der Waals surface area contributed by atoms with Crippen molar-refractivity contribution in [3.05, 3.63) is 27.9 Å². The zero-order valence-electron chi connectivity index (χ0n) is 12.3. The van der Waals surface area contributed by atoms with Crippen molar-refractivity contribution >= 4 is 17.4 Å². The second-order valence-corrected chi connectivity index (χ2v) is 5.43. The number of ether oxygens (including phenoxy) is 1. The summed E-state index contributed by atoms with van der Waals surface area (Å²) in [5, 5.41) is 13.6. The molecule has 1 aromatic rings. The summed E-state index contributed by atoms with van der Waals surface area (Å²) < 4.78 is 5.57. The normalized spacial score (nSPS) is 17.4. The van der Waals surface area contributed by atoms with Crippen molar-refractivity contribution in [3.8, 4) is 0 Å². The van der Waals surface area contributed by atoms with Crippen LogP contribution in [0.15, 0.2) is 12.3 Å². The van der Waals surface area contributed by atoms with Crippen LogP contribution >= 0.6 is 0 Å². The Balaban J connectivity index is 2.33. The lowest BCUT2D eigenvalue weighted by atomic mass is 10.1. The van der Waals surface area contributed by atoms with E-state index in [4.69, 9.17) is 4.74 Å². The number of nitrogens with one attached hydrogen (secondary N) is 1. The minimum absolute atomic E-state index is 0.199. The molecule has 1 saturated heterocycles. The molecule has 0 atom stereocenters. The average Bonchev–Trinajstić information content (AvgIpc) is 2.44. The van der Waals surface area contributed by atoms with Gasteiger partial charge in [0.05, 0.1) is 22.7 Å². The number of nitrogens with zero attached hydrogens (tertiary/aromatic N) is 3.